The lowest BCUT2D eigenvalue weighted by molar-refractivity contribution is 0.629. The van der Waals surface area contributed by atoms with Gasteiger partial charge in [0.2, 0.25) is 0 Å². The van der Waals surface area contributed by atoms with Crippen molar-refractivity contribution in [2.24, 2.45) is 0 Å². The van der Waals surface area contributed by atoms with Gasteiger partial charge in [-0.3, -0.25) is 0 Å². The number of hydrogen-bond acceptors (Lipinski definition) is 1. The second-order valence-electron chi connectivity index (χ2n) is 4.11. The van der Waals surface area contributed by atoms with Gasteiger partial charge in [0, 0.05) is 10.9 Å². The summed E-state index contributed by atoms with van der Waals surface area (Å²) in [5, 5.41) is 1.12. The maximum atomic E-state index is 5.92. The number of hydrogen-bond donors (Lipinski definition) is 0. The molecule has 17 heavy (non-hydrogen) atoms. The van der Waals surface area contributed by atoms with Gasteiger partial charge < -0.3 is 4.42 Å². The average molecular weight is 287 g/mol. The first kappa shape index (κ1) is 10.6. The van der Waals surface area contributed by atoms with Crippen LogP contribution in [-0.4, -0.2) is 0 Å². The van der Waals surface area contributed by atoms with Crippen molar-refractivity contribution in [3.8, 4) is 11.3 Å². The van der Waals surface area contributed by atoms with Crippen LogP contribution in [0.3, 0.4) is 0 Å². The number of aryl methyl sites for hydroxylation is 1. The van der Waals surface area contributed by atoms with E-state index < -0.39 is 0 Å². The average Bonchev–Trinajstić information content (AvgIpc) is 2.67. The van der Waals surface area contributed by atoms with Gasteiger partial charge in [0.15, 0.2) is 0 Å². The van der Waals surface area contributed by atoms with Crippen LogP contribution in [0.15, 0.2) is 57.4 Å². The van der Waals surface area contributed by atoms with Crippen LogP contribution in [0.2, 0.25) is 0 Å². The quantitative estimate of drug-likeness (QED) is 0.601. The van der Waals surface area contributed by atoms with Crippen LogP contribution in [0.4, 0.5) is 0 Å². The summed E-state index contributed by atoms with van der Waals surface area (Å²) in [4.78, 5) is 0. The number of halogens is 1. The third kappa shape index (κ3) is 1.79. The van der Waals surface area contributed by atoms with E-state index in [1.165, 1.54) is 5.56 Å². The van der Waals surface area contributed by atoms with Crippen LogP contribution in [0.1, 0.15) is 5.56 Å². The van der Waals surface area contributed by atoms with E-state index >= 15 is 0 Å². The number of benzene rings is 2. The normalized spacial score (nSPS) is 10.9. The molecule has 84 valence electrons. The Hall–Kier alpha value is -1.54. The molecule has 3 aromatic rings. The lowest BCUT2D eigenvalue weighted by Crippen LogP contribution is -1.72. The molecule has 0 fully saturated rings. The maximum Gasteiger partial charge on any atom is 0.149 e. The molecule has 1 aromatic heterocycles. The molecule has 1 heterocycles. The van der Waals surface area contributed by atoms with Gasteiger partial charge in [0.1, 0.15) is 11.3 Å². The van der Waals surface area contributed by atoms with Gasteiger partial charge in [-0.15, -0.1) is 0 Å². The summed E-state index contributed by atoms with van der Waals surface area (Å²) < 4.78 is 6.95. The second-order valence-corrected chi connectivity index (χ2v) is 4.90. The molecule has 0 amide bonds. The molecular formula is C15H11BrO. The Bertz CT molecular complexity index is 668. The van der Waals surface area contributed by atoms with Gasteiger partial charge in [-0.1, -0.05) is 36.4 Å². The first-order chi connectivity index (χ1) is 8.25. The summed E-state index contributed by atoms with van der Waals surface area (Å²) in [7, 11) is 0. The zero-order chi connectivity index (χ0) is 11.8. The molecular weight excluding hydrogens is 276 g/mol. The molecule has 0 aliphatic rings. The van der Waals surface area contributed by atoms with Crippen molar-refractivity contribution in [1.82, 2.24) is 0 Å². The highest BCUT2D eigenvalue weighted by atomic mass is 79.9. The van der Waals surface area contributed by atoms with Gasteiger partial charge in [-0.05, 0) is 40.5 Å². The summed E-state index contributed by atoms with van der Waals surface area (Å²) >= 11 is 3.62. The first-order valence-corrected chi connectivity index (χ1v) is 6.29. The molecule has 1 nitrogen and oxygen atoms in total. The van der Waals surface area contributed by atoms with Crippen molar-refractivity contribution in [1.29, 1.82) is 0 Å². The Morgan fingerprint density at radius 1 is 1.00 bits per heavy atom. The number of fused-ring (bicyclic) bond motifs is 1. The van der Waals surface area contributed by atoms with E-state index in [1.807, 2.05) is 18.2 Å². The summed E-state index contributed by atoms with van der Waals surface area (Å²) in [6, 6.07) is 16.4. The number of furan rings is 1. The minimum absolute atomic E-state index is 0.895. The lowest BCUT2D eigenvalue weighted by atomic mass is 10.1. The van der Waals surface area contributed by atoms with Gasteiger partial charge in [-0.25, -0.2) is 0 Å². The van der Waals surface area contributed by atoms with Crippen molar-refractivity contribution in [3.63, 3.8) is 0 Å². The van der Waals surface area contributed by atoms with E-state index in [0.29, 0.717) is 0 Å². The molecule has 0 N–H and O–H groups in total. The Balaban J connectivity index is 2.28. The third-order valence-electron chi connectivity index (χ3n) is 2.82. The summed E-state index contributed by atoms with van der Waals surface area (Å²) in [5.41, 5.74) is 3.22. The first-order valence-electron chi connectivity index (χ1n) is 5.50. The largest absolute Gasteiger partial charge is 0.455 e. The topological polar surface area (TPSA) is 13.1 Å². The van der Waals surface area contributed by atoms with E-state index in [9.17, 15) is 0 Å². The zero-order valence-corrected chi connectivity index (χ0v) is 11.0. The van der Waals surface area contributed by atoms with Gasteiger partial charge >= 0.3 is 0 Å². The summed E-state index contributed by atoms with van der Waals surface area (Å²) in [6.07, 6.45) is 0. The minimum atomic E-state index is 0.895. The van der Waals surface area contributed by atoms with Gasteiger partial charge in [0.25, 0.3) is 0 Å². The van der Waals surface area contributed by atoms with Crippen LogP contribution in [-0.2, 0) is 0 Å². The second kappa shape index (κ2) is 4.04. The third-order valence-corrected chi connectivity index (χ3v) is 3.61. The van der Waals surface area contributed by atoms with Crippen molar-refractivity contribution >= 4 is 26.9 Å². The molecule has 0 unspecified atom stereocenters. The molecule has 0 aliphatic heterocycles. The zero-order valence-electron chi connectivity index (χ0n) is 9.41. The highest BCUT2D eigenvalue weighted by Crippen LogP contribution is 2.37. The minimum Gasteiger partial charge on any atom is -0.455 e. The van der Waals surface area contributed by atoms with E-state index in [-0.39, 0.29) is 0 Å². The molecule has 3 rings (SSSR count). The van der Waals surface area contributed by atoms with Gasteiger partial charge in [-0.2, -0.15) is 0 Å². The molecule has 2 aromatic carbocycles. The highest BCUT2D eigenvalue weighted by Gasteiger charge is 2.13. The van der Waals surface area contributed by atoms with Crippen molar-refractivity contribution < 1.29 is 4.42 Å². The predicted octanol–water partition coefficient (Wildman–Crippen LogP) is 5.17. The number of rotatable bonds is 1. The standard InChI is InChI=1S/C15H11BrO/c1-10-7-8-12-13(9-10)17-15(14(12)16)11-5-3-2-4-6-11/h2-9H,1H3. The molecule has 2 heteroatoms. The van der Waals surface area contributed by atoms with Crippen LogP contribution in [0.25, 0.3) is 22.3 Å². The van der Waals surface area contributed by atoms with Crippen LogP contribution < -0.4 is 0 Å². The fourth-order valence-corrected chi connectivity index (χ4v) is 2.58. The fourth-order valence-electron chi connectivity index (χ4n) is 1.95. The Kier molecular flexibility index (Phi) is 2.52. The van der Waals surface area contributed by atoms with Crippen molar-refractivity contribution in [2.45, 2.75) is 6.92 Å². The maximum absolute atomic E-state index is 5.92. The smallest absolute Gasteiger partial charge is 0.149 e. The van der Waals surface area contributed by atoms with Crippen LogP contribution in [0, 0.1) is 6.92 Å². The summed E-state index contributed by atoms with van der Waals surface area (Å²) in [6.45, 7) is 2.07. The van der Waals surface area contributed by atoms with E-state index in [0.717, 1.165) is 26.8 Å². The molecule has 0 bridgehead atoms. The molecule has 0 radical (unpaired) electrons. The highest BCUT2D eigenvalue weighted by molar-refractivity contribution is 9.10. The van der Waals surface area contributed by atoms with Crippen molar-refractivity contribution in [3.05, 3.63) is 58.6 Å². The lowest BCUT2D eigenvalue weighted by Gasteiger charge is -1.95. The van der Waals surface area contributed by atoms with Crippen LogP contribution in [0.5, 0.6) is 0 Å². The van der Waals surface area contributed by atoms with Gasteiger partial charge in [0.05, 0.1) is 4.47 Å². The Morgan fingerprint density at radius 2 is 1.76 bits per heavy atom. The Morgan fingerprint density at radius 3 is 2.53 bits per heavy atom. The molecule has 0 spiro atoms. The predicted molar refractivity (Wildman–Crippen MR) is 74.1 cm³/mol. The molecule has 0 atom stereocenters. The van der Waals surface area contributed by atoms with E-state index in [2.05, 4.69) is 53.2 Å². The SMILES string of the molecule is Cc1ccc2c(Br)c(-c3ccccc3)oc2c1. The molecule has 0 aliphatic carbocycles. The summed E-state index contributed by atoms with van der Waals surface area (Å²) in [5.74, 6) is 0.895. The molecule has 0 saturated carbocycles. The van der Waals surface area contributed by atoms with Crippen LogP contribution >= 0.6 is 15.9 Å². The fraction of sp³-hybridized carbons (Fsp3) is 0.0667. The van der Waals surface area contributed by atoms with Crippen molar-refractivity contribution in [2.75, 3.05) is 0 Å². The van der Waals surface area contributed by atoms with E-state index in [4.69, 9.17) is 4.42 Å². The Labute approximate surface area is 108 Å². The monoisotopic (exact) mass is 286 g/mol. The van der Waals surface area contributed by atoms with E-state index in [1.54, 1.807) is 0 Å². The molecule has 0 saturated heterocycles.